The second kappa shape index (κ2) is 4.27. The summed E-state index contributed by atoms with van der Waals surface area (Å²) < 4.78 is 0. The number of fused-ring (bicyclic) bond motifs is 1. The summed E-state index contributed by atoms with van der Waals surface area (Å²) in [4.78, 5) is 16.9. The number of benzene rings is 1. The fourth-order valence-electron chi connectivity index (χ4n) is 2.64. The number of para-hydroxylation sites is 1. The van der Waals surface area contributed by atoms with E-state index in [1.807, 2.05) is 30.5 Å². The highest BCUT2D eigenvalue weighted by atomic mass is 16.2. The first-order valence-corrected chi connectivity index (χ1v) is 6.58. The number of amides is 2. The maximum Gasteiger partial charge on any atom is 0.319 e. The minimum absolute atomic E-state index is 0.0914. The minimum Gasteiger partial charge on any atom is -0.361 e. The summed E-state index contributed by atoms with van der Waals surface area (Å²) >= 11 is 0. The molecule has 2 heterocycles. The van der Waals surface area contributed by atoms with Crippen LogP contribution in [0.2, 0.25) is 0 Å². The maximum atomic E-state index is 12.1. The van der Waals surface area contributed by atoms with E-state index < -0.39 is 5.54 Å². The summed E-state index contributed by atoms with van der Waals surface area (Å²) in [5.74, 6) is 0. The van der Waals surface area contributed by atoms with Gasteiger partial charge in [-0.3, -0.25) is 0 Å². The number of hydrogen-bond acceptors (Lipinski definition) is 2. The first-order chi connectivity index (χ1) is 9.53. The molecule has 1 unspecified atom stereocenters. The molecule has 5 nitrogen and oxygen atoms in total. The van der Waals surface area contributed by atoms with Crippen LogP contribution in [0.4, 0.5) is 4.79 Å². The van der Waals surface area contributed by atoms with Crippen LogP contribution < -0.4 is 5.32 Å². The number of hydrogen-bond donors (Lipinski definition) is 2. The van der Waals surface area contributed by atoms with E-state index in [4.69, 9.17) is 0 Å². The molecule has 2 amide bonds. The molecule has 2 N–H and O–H groups in total. The number of rotatable bonds is 2. The SMILES string of the molecule is CC(C)(C#N)N1CC(c2c[nH]c3ccccc23)NC1=O. The average molecular weight is 268 g/mol. The molecular weight excluding hydrogens is 252 g/mol. The predicted octanol–water partition coefficient (Wildman–Crippen LogP) is 2.54. The van der Waals surface area contributed by atoms with Gasteiger partial charge in [-0.05, 0) is 19.9 Å². The van der Waals surface area contributed by atoms with Gasteiger partial charge in [-0.1, -0.05) is 18.2 Å². The summed E-state index contributed by atoms with van der Waals surface area (Å²) in [6.45, 7) is 4.01. The largest absolute Gasteiger partial charge is 0.361 e. The molecule has 102 valence electrons. The lowest BCUT2D eigenvalue weighted by Gasteiger charge is -2.27. The van der Waals surface area contributed by atoms with Crippen molar-refractivity contribution < 1.29 is 4.79 Å². The van der Waals surface area contributed by atoms with E-state index in [1.165, 1.54) is 0 Å². The van der Waals surface area contributed by atoms with E-state index in [1.54, 1.807) is 18.7 Å². The molecule has 1 fully saturated rings. The van der Waals surface area contributed by atoms with Crippen molar-refractivity contribution >= 4 is 16.9 Å². The van der Waals surface area contributed by atoms with Crippen molar-refractivity contribution in [2.24, 2.45) is 0 Å². The number of aromatic amines is 1. The van der Waals surface area contributed by atoms with Crippen molar-refractivity contribution in [2.75, 3.05) is 6.54 Å². The monoisotopic (exact) mass is 268 g/mol. The number of nitrogens with one attached hydrogen (secondary N) is 2. The second-order valence-corrected chi connectivity index (χ2v) is 5.57. The Kier molecular flexibility index (Phi) is 2.68. The molecule has 5 heteroatoms. The Morgan fingerprint density at radius 2 is 2.15 bits per heavy atom. The number of carbonyl (C=O) groups is 1. The Bertz CT molecular complexity index is 710. The molecule has 1 aromatic heterocycles. The van der Waals surface area contributed by atoms with Gasteiger partial charge in [0.05, 0.1) is 12.1 Å². The van der Waals surface area contributed by atoms with E-state index in [0.29, 0.717) is 6.54 Å². The first kappa shape index (κ1) is 12.5. The third-order valence-corrected chi connectivity index (χ3v) is 3.85. The fraction of sp³-hybridized carbons (Fsp3) is 0.333. The van der Waals surface area contributed by atoms with Gasteiger partial charge in [0.1, 0.15) is 5.54 Å². The number of urea groups is 1. The van der Waals surface area contributed by atoms with Crippen molar-refractivity contribution in [2.45, 2.75) is 25.4 Å². The lowest BCUT2D eigenvalue weighted by molar-refractivity contribution is 0.186. The van der Waals surface area contributed by atoms with Crippen molar-refractivity contribution in [3.8, 4) is 6.07 Å². The quantitative estimate of drug-likeness (QED) is 0.878. The maximum absolute atomic E-state index is 12.1. The summed E-state index contributed by atoms with van der Waals surface area (Å²) in [5.41, 5.74) is 1.31. The van der Waals surface area contributed by atoms with Gasteiger partial charge in [0.2, 0.25) is 0 Å². The Morgan fingerprint density at radius 3 is 2.90 bits per heavy atom. The van der Waals surface area contributed by atoms with Crippen LogP contribution in [0.3, 0.4) is 0 Å². The summed E-state index contributed by atoms with van der Waals surface area (Å²) in [6.07, 6.45) is 1.93. The Balaban J connectivity index is 1.94. The van der Waals surface area contributed by atoms with Gasteiger partial charge < -0.3 is 15.2 Å². The van der Waals surface area contributed by atoms with Crippen molar-refractivity contribution in [1.82, 2.24) is 15.2 Å². The number of H-pyrrole nitrogens is 1. The zero-order valence-corrected chi connectivity index (χ0v) is 11.5. The number of carbonyl (C=O) groups excluding carboxylic acids is 1. The van der Waals surface area contributed by atoms with Crippen LogP contribution in [0.15, 0.2) is 30.5 Å². The van der Waals surface area contributed by atoms with Crippen LogP contribution in [0.5, 0.6) is 0 Å². The smallest absolute Gasteiger partial charge is 0.319 e. The highest BCUT2D eigenvalue weighted by Gasteiger charge is 2.39. The highest BCUT2D eigenvalue weighted by molar-refractivity contribution is 5.86. The zero-order valence-electron chi connectivity index (χ0n) is 11.5. The topological polar surface area (TPSA) is 71.9 Å². The molecule has 1 atom stereocenters. The molecule has 1 aliphatic heterocycles. The van der Waals surface area contributed by atoms with E-state index in [9.17, 15) is 10.1 Å². The average Bonchev–Trinajstić information content (AvgIpc) is 3.02. The van der Waals surface area contributed by atoms with Crippen LogP contribution in [-0.4, -0.2) is 28.0 Å². The molecule has 2 aromatic rings. The van der Waals surface area contributed by atoms with Crippen LogP contribution in [0.25, 0.3) is 10.9 Å². The van der Waals surface area contributed by atoms with Crippen molar-refractivity contribution in [3.63, 3.8) is 0 Å². The standard InChI is InChI=1S/C15H16N4O/c1-15(2,9-16)19-8-13(18-14(19)20)11-7-17-12-6-4-3-5-10(11)12/h3-7,13,17H,8H2,1-2H3,(H,18,20). The first-order valence-electron chi connectivity index (χ1n) is 6.58. The second-order valence-electron chi connectivity index (χ2n) is 5.57. The minimum atomic E-state index is -0.801. The molecule has 1 saturated heterocycles. The van der Waals surface area contributed by atoms with Gasteiger partial charge in [-0.25, -0.2) is 4.79 Å². The number of nitrogens with zero attached hydrogens (tertiary/aromatic N) is 2. The Morgan fingerprint density at radius 1 is 1.40 bits per heavy atom. The van der Waals surface area contributed by atoms with Crippen LogP contribution >= 0.6 is 0 Å². The third-order valence-electron chi connectivity index (χ3n) is 3.85. The van der Waals surface area contributed by atoms with Gasteiger partial charge in [0.15, 0.2) is 0 Å². The van der Waals surface area contributed by atoms with E-state index in [-0.39, 0.29) is 12.1 Å². The van der Waals surface area contributed by atoms with Gasteiger partial charge in [0, 0.05) is 29.2 Å². The van der Waals surface area contributed by atoms with Crippen molar-refractivity contribution in [1.29, 1.82) is 5.26 Å². The molecular formula is C15H16N4O. The molecule has 0 spiro atoms. The third kappa shape index (κ3) is 1.81. The highest BCUT2D eigenvalue weighted by Crippen LogP contribution is 2.30. The van der Waals surface area contributed by atoms with Crippen LogP contribution in [0, 0.1) is 11.3 Å². The zero-order chi connectivity index (χ0) is 14.3. The fourth-order valence-corrected chi connectivity index (χ4v) is 2.64. The molecule has 1 aliphatic rings. The van der Waals surface area contributed by atoms with Crippen LogP contribution in [-0.2, 0) is 0 Å². The molecule has 0 saturated carbocycles. The summed E-state index contributed by atoms with van der Waals surface area (Å²) in [7, 11) is 0. The van der Waals surface area contributed by atoms with Crippen molar-refractivity contribution in [3.05, 3.63) is 36.0 Å². The molecule has 1 aromatic carbocycles. The summed E-state index contributed by atoms with van der Waals surface area (Å²) in [5, 5.41) is 13.2. The molecule has 0 aliphatic carbocycles. The van der Waals surface area contributed by atoms with Gasteiger partial charge in [-0.2, -0.15) is 5.26 Å². The van der Waals surface area contributed by atoms with E-state index in [0.717, 1.165) is 16.5 Å². The molecule has 3 rings (SSSR count). The Labute approximate surface area is 117 Å². The normalized spacial score (nSPS) is 19.1. The number of nitriles is 1. The van der Waals surface area contributed by atoms with Gasteiger partial charge in [0.25, 0.3) is 0 Å². The van der Waals surface area contributed by atoms with Crippen LogP contribution in [0.1, 0.15) is 25.5 Å². The lowest BCUT2D eigenvalue weighted by atomic mass is 10.0. The lowest BCUT2D eigenvalue weighted by Crippen LogP contribution is -2.44. The molecule has 0 bridgehead atoms. The van der Waals surface area contributed by atoms with E-state index in [2.05, 4.69) is 16.4 Å². The predicted molar refractivity (Wildman–Crippen MR) is 76.0 cm³/mol. The van der Waals surface area contributed by atoms with Gasteiger partial charge in [-0.15, -0.1) is 0 Å². The molecule has 20 heavy (non-hydrogen) atoms. The molecule has 0 radical (unpaired) electrons. The Hall–Kier alpha value is -2.48. The summed E-state index contributed by atoms with van der Waals surface area (Å²) in [6, 6.07) is 9.89. The van der Waals surface area contributed by atoms with Gasteiger partial charge >= 0.3 is 6.03 Å². The van der Waals surface area contributed by atoms with E-state index >= 15 is 0 Å². The number of aromatic nitrogens is 1.